The van der Waals surface area contributed by atoms with Crippen molar-refractivity contribution >= 4 is 13.2 Å². The Morgan fingerprint density at radius 2 is 1.73 bits per heavy atom. The molecule has 0 saturated carbocycles. The minimum absolute atomic E-state index is 0.289. The zero-order chi connectivity index (χ0) is 9.49. The lowest BCUT2D eigenvalue weighted by molar-refractivity contribution is -0.117. The summed E-state index contributed by atoms with van der Waals surface area (Å²) in [5, 5.41) is 0. The number of hydrogen-bond acceptors (Lipinski definition) is 2. The number of carbonyl (C=O) groups is 1. The van der Waals surface area contributed by atoms with E-state index in [0.29, 0.717) is 0 Å². The smallest absolute Gasteiger partial charge is 0.194 e. The second-order valence-corrected chi connectivity index (χ2v) is 5.33. The number of carbonyl (C=O) groups excluding carboxylic acids is 1. The van der Waals surface area contributed by atoms with Gasteiger partial charge in [0.25, 0.3) is 0 Å². The third kappa shape index (κ3) is 74.5. The van der Waals surface area contributed by atoms with E-state index in [9.17, 15) is 9.36 Å². The normalized spacial score (nSPS) is 9.91. The van der Waals surface area contributed by atoms with Crippen molar-refractivity contribution in [1.29, 1.82) is 0 Å². The molecular weight excluding hydrogens is 163 g/mol. The van der Waals surface area contributed by atoms with E-state index in [4.69, 9.17) is 4.89 Å². The van der Waals surface area contributed by atoms with Gasteiger partial charge in [-0.05, 0) is 13.3 Å². The van der Waals surface area contributed by atoms with E-state index in [1.165, 1.54) is 13.3 Å². The summed E-state index contributed by atoms with van der Waals surface area (Å²) in [6.45, 7) is 6.21. The fourth-order valence-electron chi connectivity index (χ4n) is 0.352. The molecule has 0 bridgehead atoms. The number of ketones is 1. The highest BCUT2D eigenvalue weighted by Crippen LogP contribution is 2.27. The van der Waals surface area contributed by atoms with Crippen LogP contribution in [0.15, 0.2) is 0 Å². The molecule has 0 radical (unpaired) electrons. The molecule has 3 nitrogen and oxygen atoms in total. The van der Waals surface area contributed by atoms with Gasteiger partial charge in [-0.2, -0.15) is 0 Å². The third-order valence-corrected chi connectivity index (χ3v) is 0.602. The topological polar surface area (TPSA) is 54.4 Å². The van der Waals surface area contributed by atoms with Crippen molar-refractivity contribution in [3.05, 3.63) is 0 Å². The van der Waals surface area contributed by atoms with Gasteiger partial charge in [-0.15, -0.1) is 0 Å². The molecule has 68 valence electrons. The van der Waals surface area contributed by atoms with Crippen molar-refractivity contribution in [2.75, 3.05) is 13.3 Å². The second-order valence-electron chi connectivity index (χ2n) is 2.75. The summed E-state index contributed by atoms with van der Waals surface area (Å²) >= 11 is 0. The van der Waals surface area contributed by atoms with Gasteiger partial charge < -0.3 is 9.69 Å². The van der Waals surface area contributed by atoms with Crippen LogP contribution in [-0.2, 0) is 9.36 Å². The zero-order valence-electron chi connectivity index (χ0n) is 7.63. The van der Waals surface area contributed by atoms with Crippen LogP contribution in [0.5, 0.6) is 0 Å². The maximum Gasteiger partial charge on any atom is 0.194 e. The zero-order valence-corrected chi connectivity index (χ0v) is 8.52. The Balaban J connectivity index is 0. The molecule has 1 N–H and O–H groups in total. The lowest BCUT2D eigenvalue weighted by Gasteiger charge is -1.86. The molecule has 0 rings (SSSR count). The van der Waals surface area contributed by atoms with E-state index in [1.54, 1.807) is 6.92 Å². The molecule has 0 atom stereocenters. The van der Waals surface area contributed by atoms with E-state index in [-0.39, 0.29) is 5.78 Å². The Morgan fingerprint density at radius 3 is 1.73 bits per heavy atom. The van der Waals surface area contributed by atoms with Crippen LogP contribution >= 0.6 is 7.37 Å². The van der Waals surface area contributed by atoms with Gasteiger partial charge in [-0.1, -0.05) is 6.92 Å². The number of rotatable bonds is 2. The first kappa shape index (κ1) is 13.4. The van der Waals surface area contributed by atoms with E-state index >= 15 is 0 Å². The van der Waals surface area contributed by atoms with Crippen LogP contribution in [0.25, 0.3) is 0 Å². The van der Waals surface area contributed by atoms with Gasteiger partial charge in [0, 0.05) is 19.8 Å². The molecule has 0 amide bonds. The van der Waals surface area contributed by atoms with Crippen molar-refractivity contribution in [2.45, 2.75) is 26.7 Å². The summed E-state index contributed by atoms with van der Waals surface area (Å²) in [6, 6.07) is 0. The summed E-state index contributed by atoms with van der Waals surface area (Å²) in [5.41, 5.74) is 0. The summed E-state index contributed by atoms with van der Waals surface area (Å²) in [6.07, 6.45) is 1.72. The first-order valence-electron chi connectivity index (χ1n) is 3.54. The fraction of sp³-hybridized carbons (Fsp3) is 0.857. The molecular formula is C7H17O3P. The predicted molar refractivity (Wildman–Crippen MR) is 47.3 cm³/mol. The molecule has 0 aromatic rings. The Morgan fingerprint density at radius 1 is 1.45 bits per heavy atom. The van der Waals surface area contributed by atoms with Gasteiger partial charge in [-0.25, -0.2) is 0 Å². The molecule has 0 aliphatic heterocycles. The average Bonchev–Trinajstić information content (AvgIpc) is 1.58. The summed E-state index contributed by atoms with van der Waals surface area (Å²) in [4.78, 5) is 18.1. The highest BCUT2D eigenvalue weighted by Gasteiger charge is 1.92. The van der Waals surface area contributed by atoms with Gasteiger partial charge in [0.2, 0.25) is 0 Å². The van der Waals surface area contributed by atoms with Gasteiger partial charge in [0.1, 0.15) is 5.78 Å². The largest absolute Gasteiger partial charge is 0.345 e. The summed E-state index contributed by atoms with van der Waals surface area (Å²) in [7, 11) is -2.64. The van der Waals surface area contributed by atoms with Crippen molar-refractivity contribution in [1.82, 2.24) is 0 Å². The van der Waals surface area contributed by atoms with Crippen LogP contribution in [0.2, 0.25) is 0 Å². The summed E-state index contributed by atoms with van der Waals surface area (Å²) < 4.78 is 9.77. The predicted octanol–water partition coefficient (Wildman–Crippen LogP) is 1.89. The lowest BCUT2D eigenvalue weighted by Crippen LogP contribution is -1.84. The highest BCUT2D eigenvalue weighted by molar-refractivity contribution is 7.56. The first-order chi connectivity index (χ1) is 4.77. The van der Waals surface area contributed by atoms with Crippen LogP contribution in [0.4, 0.5) is 0 Å². The van der Waals surface area contributed by atoms with Crippen molar-refractivity contribution in [2.24, 2.45) is 0 Å². The first-order valence-corrected chi connectivity index (χ1v) is 6.10. The maximum atomic E-state index is 10.0. The second kappa shape index (κ2) is 6.56. The van der Waals surface area contributed by atoms with Crippen molar-refractivity contribution in [3.63, 3.8) is 0 Å². The Labute approximate surface area is 68.3 Å². The Hall–Kier alpha value is -0.140. The van der Waals surface area contributed by atoms with E-state index in [2.05, 4.69) is 0 Å². The summed E-state index contributed by atoms with van der Waals surface area (Å²) in [5.74, 6) is 0.289. The molecule has 0 aromatic carbocycles. The van der Waals surface area contributed by atoms with E-state index in [0.717, 1.165) is 12.8 Å². The van der Waals surface area contributed by atoms with Crippen LogP contribution in [0.3, 0.4) is 0 Å². The lowest BCUT2D eigenvalue weighted by atomic mass is 10.3. The Bertz CT molecular complexity index is 140. The molecule has 0 fully saturated rings. The molecule has 0 saturated heterocycles. The average molecular weight is 180 g/mol. The minimum atomic E-state index is -2.64. The van der Waals surface area contributed by atoms with Gasteiger partial charge in [0.15, 0.2) is 7.37 Å². The standard InChI is InChI=1S/C5H10O.C2H7O2P/c1-3-4-5(2)6;1-5(2,3)4/h3-4H2,1-2H3;1-2H3,(H,3,4). The highest BCUT2D eigenvalue weighted by atomic mass is 31.2. The van der Waals surface area contributed by atoms with Crippen LogP contribution in [-0.4, -0.2) is 24.0 Å². The molecule has 4 heteroatoms. The number of Topliss-reactive ketones (excluding diaryl/α,β-unsaturated/α-hetero) is 1. The molecule has 0 aromatic heterocycles. The minimum Gasteiger partial charge on any atom is -0.345 e. The number of hydrogen-bond donors (Lipinski definition) is 1. The van der Waals surface area contributed by atoms with Crippen LogP contribution in [0, 0.1) is 0 Å². The van der Waals surface area contributed by atoms with E-state index in [1.807, 2.05) is 6.92 Å². The molecule has 0 unspecified atom stereocenters. The monoisotopic (exact) mass is 180 g/mol. The van der Waals surface area contributed by atoms with Crippen molar-refractivity contribution < 1.29 is 14.3 Å². The van der Waals surface area contributed by atoms with E-state index < -0.39 is 7.37 Å². The quantitative estimate of drug-likeness (QED) is 0.660. The fourth-order valence-corrected chi connectivity index (χ4v) is 0.352. The Kier molecular flexibility index (Phi) is 8.02. The molecule has 11 heavy (non-hydrogen) atoms. The van der Waals surface area contributed by atoms with Crippen molar-refractivity contribution in [3.8, 4) is 0 Å². The third-order valence-electron chi connectivity index (χ3n) is 0.602. The molecule has 0 aliphatic rings. The van der Waals surface area contributed by atoms with Gasteiger partial charge in [0.05, 0.1) is 0 Å². The molecule has 0 heterocycles. The maximum absolute atomic E-state index is 10.0. The SMILES string of the molecule is CCCC(C)=O.CP(C)(=O)O. The molecule has 0 aliphatic carbocycles. The molecule has 0 spiro atoms. The van der Waals surface area contributed by atoms with Crippen LogP contribution < -0.4 is 0 Å². The van der Waals surface area contributed by atoms with Gasteiger partial charge in [-0.3, -0.25) is 4.57 Å². The van der Waals surface area contributed by atoms with Gasteiger partial charge >= 0.3 is 0 Å². The van der Waals surface area contributed by atoms with Crippen LogP contribution in [0.1, 0.15) is 26.7 Å².